The van der Waals surface area contributed by atoms with Gasteiger partial charge < -0.3 is 22.1 Å². The summed E-state index contributed by atoms with van der Waals surface area (Å²) in [5.41, 5.74) is 49.8. The van der Waals surface area contributed by atoms with Crippen LogP contribution in [0.3, 0.4) is 0 Å². The van der Waals surface area contributed by atoms with E-state index < -0.39 is 0 Å². The molecule has 0 unspecified atom stereocenters. The number of nitrogens with one attached hydrogen (secondary N) is 7. The molecule has 0 aromatic rings. The van der Waals surface area contributed by atoms with E-state index in [1.165, 1.54) is 25.7 Å². The van der Waals surface area contributed by atoms with Crippen molar-refractivity contribution in [1.82, 2.24) is 16.1 Å². The van der Waals surface area contributed by atoms with Gasteiger partial charge in [-0.1, -0.05) is 26.2 Å². The molecule has 194 valence electrons. The third kappa shape index (κ3) is 712. The average molecular weight is 471 g/mol. The number of rotatable bonds is 8. The molecule has 0 atom stereocenters. The highest BCUT2D eigenvalue weighted by molar-refractivity contribution is 4.41. The Morgan fingerprint density at radius 1 is 0.812 bits per heavy atom. The number of hydrazine groups is 1. The lowest BCUT2D eigenvalue weighted by atomic mass is 10.2. The van der Waals surface area contributed by atoms with E-state index in [1.54, 1.807) is 14.7 Å². The Hall–Kier alpha value is -2.91. The Balaban J connectivity index is -0.0000000358. The molecule has 0 rings (SSSR count). The van der Waals surface area contributed by atoms with Gasteiger partial charge in [0.15, 0.2) is 0 Å². The van der Waals surface area contributed by atoms with Crippen molar-refractivity contribution in [3.63, 3.8) is 0 Å². The van der Waals surface area contributed by atoms with Gasteiger partial charge in [-0.3, -0.25) is 21.4 Å². The van der Waals surface area contributed by atoms with Crippen LogP contribution < -0.4 is 38.7 Å². The van der Waals surface area contributed by atoms with Crippen molar-refractivity contribution in [2.45, 2.75) is 45.4 Å². The minimum Gasteiger partial charge on any atom is -0.330 e. The van der Waals surface area contributed by atoms with Crippen LogP contribution in [0.1, 0.15) is 45.4 Å². The molecule has 0 heterocycles. The number of hydrogen-bond acceptors (Lipinski definition) is 11. The molecular formula is C14H46N16O2. The maximum absolute atomic E-state index is 8.12. The molecule has 0 spiro atoms. The van der Waals surface area contributed by atoms with Gasteiger partial charge in [0, 0.05) is 11.9 Å². The smallest absolute Gasteiger partial charge is 0.00974 e. The summed E-state index contributed by atoms with van der Waals surface area (Å²) in [7, 11) is 7.50. The SMILES string of the molecule is CCCCCNN.CNC.CNC.NCCCCCN.O=[NH+][O-].[N-]=[N+]=N.[N-]=[N+]=N.[N-]=[N+]=N. The van der Waals surface area contributed by atoms with Crippen LogP contribution in [0.5, 0.6) is 0 Å². The van der Waals surface area contributed by atoms with E-state index in [1.807, 2.05) is 28.2 Å². The van der Waals surface area contributed by atoms with Gasteiger partial charge in [-0.05, 0) is 91.9 Å². The lowest BCUT2D eigenvalue weighted by Crippen LogP contribution is -2.53. The number of unbranched alkanes of at least 4 members (excludes halogenated alkanes) is 4. The van der Waals surface area contributed by atoms with Gasteiger partial charge in [-0.2, -0.15) is 0 Å². The van der Waals surface area contributed by atoms with E-state index in [4.69, 9.17) is 60.6 Å². The molecule has 0 fully saturated rings. The van der Waals surface area contributed by atoms with Crippen LogP contribution in [-0.2, 0) is 0 Å². The largest absolute Gasteiger partial charge is 0.330 e. The molecule has 32 heavy (non-hydrogen) atoms. The predicted molar refractivity (Wildman–Crippen MR) is 130 cm³/mol. The molecule has 18 nitrogen and oxygen atoms in total. The minimum atomic E-state index is 0.250. The maximum atomic E-state index is 8.12. The van der Waals surface area contributed by atoms with E-state index in [0.29, 0.717) is 0 Å². The van der Waals surface area contributed by atoms with Crippen molar-refractivity contribution in [2.24, 2.45) is 17.3 Å². The van der Waals surface area contributed by atoms with Gasteiger partial charge in [0.1, 0.15) is 0 Å². The second-order valence-electron chi connectivity index (χ2n) is 4.68. The van der Waals surface area contributed by atoms with Crippen molar-refractivity contribution in [3.05, 3.63) is 41.4 Å². The minimum absolute atomic E-state index is 0.250. The van der Waals surface area contributed by atoms with E-state index in [0.717, 1.165) is 32.5 Å². The maximum Gasteiger partial charge on any atom is 0.00974 e. The van der Waals surface area contributed by atoms with Crippen LogP contribution >= 0.6 is 0 Å². The zero-order chi connectivity index (χ0) is 27.3. The first kappa shape index (κ1) is 51.6. The molecular weight excluding hydrogens is 424 g/mol. The molecule has 0 aliphatic heterocycles. The van der Waals surface area contributed by atoms with Gasteiger partial charge >= 0.3 is 0 Å². The van der Waals surface area contributed by atoms with Crippen LogP contribution in [0, 0.1) is 26.7 Å². The number of nitrogens with zero attached hydrogens (tertiary/aromatic N) is 6. The first-order valence-corrected chi connectivity index (χ1v) is 9.34. The lowest BCUT2D eigenvalue weighted by Gasteiger charge is -1.93. The standard InChI is InChI=1S/2C5H14N2.2C2H7N.3HN3.HNO2/c1-2-3-4-5-7-6;6-4-2-1-3-5-7;5*1-3-2;2-1-3/h7H,2-6H2,1H3;1-7H2;2*3H,1-2H3;4*1H. The second-order valence-corrected chi connectivity index (χ2v) is 4.68. The molecule has 0 bridgehead atoms. The fraction of sp³-hybridized carbons (Fsp3) is 1.00. The monoisotopic (exact) mass is 470 g/mol. The Morgan fingerprint density at radius 3 is 1.22 bits per heavy atom. The van der Waals surface area contributed by atoms with Crippen molar-refractivity contribution in [1.29, 1.82) is 16.6 Å². The molecule has 0 aliphatic carbocycles. The van der Waals surface area contributed by atoms with Crippen LogP contribution in [0.2, 0.25) is 0 Å². The zero-order valence-corrected chi connectivity index (χ0v) is 20.1. The summed E-state index contributed by atoms with van der Waals surface area (Å²) in [5, 5.41) is 13.9. The Kier molecular flexibility index (Phi) is 194. The highest BCUT2D eigenvalue weighted by Crippen LogP contribution is 1.89. The van der Waals surface area contributed by atoms with Crippen molar-refractivity contribution in [3.8, 4) is 0 Å². The Morgan fingerprint density at radius 2 is 1.06 bits per heavy atom. The molecule has 0 aromatic carbocycles. The quantitative estimate of drug-likeness (QED) is 0.0467. The predicted octanol–water partition coefficient (Wildman–Crippen LogP) is 1.34. The molecule has 18 heteroatoms. The first-order chi connectivity index (χ1) is 15.3. The number of nitrogens with two attached hydrogens (primary N) is 3. The zero-order valence-electron chi connectivity index (χ0n) is 20.1. The topological polar surface area (TPSA) is 349 Å². The average Bonchev–Trinajstić information content (AvgIpc) is 2.73. The normalized spacial score (nSPS) is 6.38. The fourth-order valence-electron chi connectivity index (χ4n) is 0.943. The molecule has 13 N–H and O–H groups in total. The molecule has 0 amide bonds. The van der Waals surface area contributed by atoms with Crippen LogP contribution in [0.25, 0.3) is 31.3 Å². The number of hydrogen-bond donors (Lipinski definition) is 10. The fourth-order valence-corrected chi connectivity index (χ4v) is 0.943. The summed E-state index contributed by atoms with van der Waals surface area (Å²) < 4.78 is 0. The van der Waals surface area contributed by atoms with Crippen molar-refractivity contribution in [2.75, 3.05) is 47.8 Å². The summed E-state index contributed by atoms with van der Waals surface area (Å²) in [4.78, 5) is 13.4. The van der Waals surface area contributed by atoms with Crippen molar-refractivity contribution >= 4 is 0 Å². The van der Waals surface area contributed by atoms with E-state index in [2.05, 4.69) is 23.0 Å². The summed E-state index contributed by atoms with van der Waals surface area (Å²) in [6, 6.07) is 0. The van der Waals surface area contributed by atoms with Crippen molar-refractivity contribution < 1.29 is 5.34 Å². The summed E-state index contributed by atoms with van der Waals surface area (Å²) in [6.45, 7) is 4.74. The van der Waals surface area contributed by atoms with Crippen LogP contribution in [0.4, 0.5) is 0 Å². The summed E-state index contributed by atoms with van der Waals surface area (Å²) in [6.07, 6.45) is 7.18. The van der Waals surface area contributed by atoms with Gasteiger partial charge in [-0.25, -0.2) is 0 Å². The first-order valence-electron chi connectivity index (χ1n) is 9.34. The molecule has 0 aliphatic rings. The molecule has 0 saturated heterocycles. The highest BCUT2D eigenvalue weighted by atomic mass is 16.6. The van der Waals surface area contributed by atoms with E-state index in [-0.39, 0.29) is 5.34 Å². The summed E-state index contributed by atoms with van der Waals surface area (Å²) in [5.74, 6) is 5.02. The third-order valence-electron chi connectivity index (χ3n) is 1.83. The Labute approximate surface area is 190 Å². The van der Waals surface area contributed by atoms with Crippen LogP contribution in [-0.4, -0.2) is 47.8 Å². The molecule has 0 saturated carbocycles. The van der Waals surface area contributed by atoms with Gasteiger partial charge in [-0.15, -0.1) is 16.6 Å². The Bertz CT molecular complexity index is 293. The van der Waals surface area contributed by atoms with E-state index in [9.17, 15) is 0 Å². The van der Waals surface area contributed by atoms with Crippen LogP contribution in [0.15, 0.2) is 0 Å². The van der Waals surface area contributed by atoms with E-state index >= 15 is 0 Å². The van der Waals surface area contributed by atoms with Gasteiger partial charge in [0.2, 0.25) is 0 Å². The third-order valence-corrected chi connectivity index (χ3v) is 1.83. The second kappa shape index (κ2) is 120. The van der Waals surface area contributed by atoms with Gasteiger partial charge in [0.25, 0.3) is 0 Å². The molecule has 0 radical (unpaired) electrons. The highest BCUT2D eigenvalue weighted by Gasteiger charge is 1.80. The van der Waals surface area contributed by atoms with Gasteiger partial charge in [0.05, 0.1) is 0 Å². The lowest BCUT2D eigenvalue weighted by molar-refractivity contribution is -0.398. The molecule has 0 aromatic heterocycles. The summed E-state index contributed by atoms with van der Waals surface area (Å²) >= 11 is 0.